The summed E-state index contributed by atoms with van der Waals surface area (Å²) < 4.78 is 0. The van der Waals surface area contributed by atoms with E-state index < -0.39 is 0 Å². The minimum absolute atomic E-state index is 0.191. The molecule has 2 aromatic rings. The molecule has 1 saturated heterocycles. The molecule has 2 heterocycles. The molecular weight excluding hydrogens is 348 g/mol. The molecule has 1 aromatic carbocycles. The molecule has 0 radical (unpaired) electrons. The van der Waals surface area contributed by atoms with Gasteiger partial charge in [-0.3, -0.25) is 4.79 Å². The number of nitrogens with one attached hydrogen (secondary N) is 1. The van der Waals surface area contributed by atoms with Crippen LogP contribution in [0.25, 0.3) is 0 Å². The third-order valence-electron chi connectivity index (χ3n) is 4.65. The van der Waals surface area contributed by atoms with Crippen LogP contribution in [0.2, 0.25) is 0 Å². The Morgan fingerprint density at radius 1 is 1.24 bits per heavy atom. The van der Waals surface area contributed by atoms with Crippen molar-refractivity contribution in [3.8, 4) is 0 Å². The number of amides is 1. The van der Waals surface area contributed by atoms with E-state index in [0.29, 0.717) is 5.92 Å². The first-order chi connectivity index (χ1) is 12.3. The molecule has 0 unspecified atom stereocenters. The summed E-state index contributed by atoms with van der Waals surface area (Å²) in [7, 11) is 0. The minimum Gasteiger partial charge on any atom is -0.339 e. The number of hydrogen-bond acceptors (Lipinski definition) is 4. The topological polar surface area (TPSA) is 32.3 Å². The van der Waals surface area contributed by atoms with Gasteiger partial charge in [-0.2, -0.15) is 0 Å². The Hall–Kier alpha value is -1.30. The number of nitrogens with zero attached hydrogens (tertiary/aromatic N) is 1. The Labute approximate surface area is 158 Å². The predicted octanol–water partition coefficient (Wildman–Crippen LogP) is 4.50. The van der Waals surface area contributed by atoms with Crippen molar-refractivity contribution in [2.24, 2.45) is 5.92 Å². The molecular formula is C20H26N2OS2. The average molecular weight is 375 g/mol. The van der Waals surface area contributed by atoms with Crippen molar-refractivity contribution < 1.29 is 4.79 Å². The molecule has 1 aromatic heterocycles. The molecule has 1 amide bonds. The first kappa shape index (κ1) is 18.5. The van der Waals surface area contributed by atoms with Gasteiger partial charge in [0.15, 0.2) is 0 Å². The van der Waals surface area contributed by atoms with Gasteiger partial charge >= 0.3 is 0 Å². The van der Waals surface area contributed by atoms with Gasteiger partial charge in [0.05, 0.1) is 5.56 Å². The first-order valence-electron chi connectivity index (χ1n) is 9.02. The third kappa shape index (κ3) is 5.09. The number of rotatable bonds is 7. The van der Waals surface area contributed by atoms with E-state index >= 15 is 0 Å². The van der Waals surface area contributed by atoms with Gasteiger partial charge in [-0.1, -0.05) is 25.1 Å². The maximum absolute atomic E-state index is 13.0. The van der Waals surface area contributed by atoms with E-state index in [1.807, 2.05) is 23.1 Å². The van der Waals surface area contributed by atoms with E-state index in [2.05, 4.69) is 35.8 Å². The highest BCUT2D eigenvalue weighted by Crippen LogP contribution is 2.29. The van der Waals surface area contributed by atoms with Crippen LogP contribution in [-0.2, 0) is 5.75 Å². The highest BCUT2D eigenvalue weighted by Gasteiger charge is 2.24. The molecule has 134 valence electrons. The fraction of sp³-hybridized carbons (Fsp3) is 0.450. The second-order valence-electron chi connectivity index (χ2n) is 6.41. The van der Waals surface area contributed by atoms with Crippen molar-refractivity contribution in [3.63, 3.8) is 0 Å². The van der Waals surface area contributed by atoms with Gasteiger partial charge in [-0.25, -0.2) is 0 Å². The molecule has 0 aliphatic carbocycles. The number of carbonyl (C=O) groups is 1. The lowest BCUT2D eigenvalue weighted by atomic mass is 9.96. The lowest BCUT2D eigenvalue weighted by Gasteiger charge is -2.32. The maximum atomic E-state index is 13.0. The smallest absolute Gasteiger partial charge is 0.254 e. The summed E-state index contributed by atoms with van der Waals surface area (Å²) in [5.74, 6) is 1.82. The SMILES string of the molecule is CCNCC1CCN(C(=O)c2ccccc2SCc2cccs2)CC1. The van der Waals surface area contributed by atoms with Gasteiger partial charge in [0, 0.05) is 28.6 Å². The van der Waals surface area contributed by atoms with Crippen molar-refractivity contribution >= 4 is 29.0 Å². The van der Waals surface area contributed by atoms with E-state index in [9.17, 15) is 4.79 Å². The van der Waals surface area contributed by atoms with Crippen LogP contribution in [0.4, 0.5) is 0 Å². The number of piperidine rings is 1. The zero-order valence-corrected chi connectivity index (χ0v) is 16.4. The minimum atomic E-state index is 0.191. The monoisotopic (exact) mass is 374 g/mol. The van der Waals surface area contributed by atoms with Crippen molar-refractivity contribution in [3.05, 3.63) is 52.2 Å². The molecule has 0 spiro atoms. The number of carbonyl (C=O) groups excluding carboxylic acids is 1. The van der Waals surface area contributed by atoms with Gasteiger partial charge in [0.25, 0.3) is 5.91 Å². The fourth-order valence-electron chi connectivity index (χ4n) is 3.17. The molecule has 25 heavy (non-hydrogen) atoms. The molecule has 3 rings (SSSR count). The number of benzene rings is 1. The highest BCUT2D eigenvalue weighted by atomic mass is 32.2. The van der Waals surface area contributed by atoms with E-state index in [0.717, 1.165) is 55.2 Å². The summed E-state index contributed by atoms with van der Waals surface area (Å²) in [4.78, 5) is 17.5. The summed E-state index contributed by atoms with van der Waals surface area (Å²) in [5, 5.41) is 5.53. The third-order valence-corrected chi connectivity index (χ3v) is 6.83. The van der Waals surface area contributed by atoms with Crippen molar-refractivity contribution in [1.29, 1.82) is 0 Å². The van der Waals surface area contributed by atoms with Gasteiger partial charge in [0.2, 0.25) is 0 Å². The number of thiophene rings is 1. The van der Waals surface area contributed by atoms with Crippen LogP contribution in [0.5, 0.6) is 0 Å². The molecule has 1 N–H and O–H groups in total. The lowest BCUT2D eigenvalue weighted by molar-refractivity contribution is 0.0687. The Morgan fingerprint density at radius 2 is 2.04 bits per heavy atom. The van der Waals surface area contributed by atoms with Crippen LogP contribution in [0.3, 0.4) is 0 Å². The number of hydrogen-bond donors (Lipinski definition) is 1. The van der Waals surface area contributed by atoms with Gasteiger partial charge in [0.1, 0.15) is 0 Å². The molecule has 1 aliphatic rings. The van der Waals surface area contributed by atoms with Crippen molar-refractivity contribution in [2.75, 3.05) is 26.2 Å². The van der Waals surface area contributed by atoms with Crippen LogP contribution < -0.4 is 5.32 Å². The molecule has 5 heteroatoms. The summed E-state index contributed by atoms with van der Waals surface area (Å²) in [6, 6.07) is 12.3. The fourth-order valence-corrected chi connectivity index (χ4v) is 4.99. The van der Waals surface area contributed by atoms with E-state index in [1.165, 1.54) is 4.88 Å². The number of likely N-dealkylation sites (tertiary alicyclic amines) is 1. The largest absolute Gasteiger partial charge is 0.339 e. The zero-order chi connectivity index (χ0) is 17.5. The van der Waals surface area contributed by atoms with E-state index in [-0.39, 0.29) is 5.91 Å². The van der Waals surface area contributed by atoms with Gasteiger partial charge in [-0.15, -0.1) is 23.1 Å². The molecule has 0 atom stereocenters. The Bertz CT molecular complexity index is 664. The highest BCUT2D eigenvalue weighted by molar-refractivity contribution is 7.98. The Balaban J connectivity index is 1.60. The van der Waals surface area contributed by atoms with E-state index in [4.69, 9.17) is 0 Å². The first-order valence-corrected chi connectivity index (χ1v) is 10.9. The van der Waals surface area contributed by atoms with E-state index in [1.54, 1.807) is 23.1 Å². The quantitative estimate of drug-likeness (QED) is 0.724. The second-order valence-corrected chi connectivity index (χ2v) is 8.46. The Kier molecular flexibility index (Phi) is 6.96. The van der Waals surface area contributed by atoms with Crippen LogP contribution in [0.1, 0.15) is 35.0 Å². The predicted molar refractivity (Wildman–Crippen MR) is 107 cm³/mol. The van der Waals surface area contributed by atoms with Crippen molar-refractivity contribution in [1.82, 2.24) is 10.2 Å². The van der Waals surface area contributed by atoms with Crippen LogP contribution in [-0.4, -0.2) is 37.0 Å². The van der Waals surface area contributed by atoms with Gasteiger partial charge < -0.3 is 10.2 Å². The molecule has 1 aliphatic heterocycles. The van der Waals surface area contributed by atoms with Crippen LogP contribution in [0, 0.1) is 5.92 Å². The summed E-state index contributed by atoms with van der Waals surface area (Å²) in [6.45, 7) is 5.99. The zero-order valence-electron chi connectivity index (χ0n) is 14.7. The molecule has 1 fully saturated rings. The number of thioether (sulfide) groups is 1. The molecule has 0 bridgehead atoms. The normalized spacial score (nSPS) is 15.5. The molecule has 3 nitrogen and oxygen atoms in total. The Morgan fingerprint density at radius 3 is 2.76 bits per heavy atom. The summed E-state index contributed by atoms with van der Waals surface area (Å²) >= 11 is 3.53. The summed E-state index contributed by atoms with van der Waals surface area (Å²) in [5.41, 5.74) is 0.856. The van der Waals surface area contributed by atoms with Gasteiger partial charge in [-0.05, 0) is 55.4 Å². The van der Waals surface area contributed by atoms with Crippen LogP contribution in [0.15, 0.2) is 46.7 Å². The average Bonchev–Trinajstić information content (AvgIpc) is 3.18. The second kappa shape index (κ2) is 9.41. The molecule has 0 saturated carbocycles. The maximum Gasteiger partial charge on any atom is 0.254 e. The van der Waals surface area contributed by atoms with Crippen molar-refractivity contribution in [2.45, 2.75) is 30.4 Å². The van der Waals surface area contributed by atoms with Crippen LogP contribution >= 0.6 is 23.1 Å². The standard InChI is InChI=1S/C20H26N2OS2/c1-2-21-14-16-9-11-22(12-10-16)20(23)18-7-3-4-8-19(18)25-15-17-6-5-13-24-17/h3-8,13,16,21H,2,9-12,14-15H2,1H3. The lowest BCUT2D eigenvalue weighted by Crippen LogP contribution is -2.40. The summed E-state index contributed by atoms with van der Waals surface area (Å²) in [6.07, 6.45) is 2.20.